The molecule has 4 aliphatic carbocycles. The van der Waals surface area contributed by atoms with Crippen LogP contribution in [-0.4, -0.2) is 53.3 Å². The molecular weight excluding hydrogens is 707 g/mol. The molecule has 9 heteroatoms. The smallest absolute Gasteiger partial charge is 0.339 e. The molecule has 56 heavy (non-hydrogen) atoms. The van der Waals surface area contributed by atoms with E-state index in [9.17, 15) is 19.2 Å². The fraction of sp³-hybridized carbons (Fsp3) is 0.596. The van der Waals surface area contributed by atoms with E-state index in [1.165, 1.54) is 12.8 Å². The van der Waals surface area contributed by atoms with Crippen molar-refractivity contribution in [3.8, 4) is 11.1 Å². The quantitative estimate of drug-likeness (QED) is 0.139. The zero-order chi connectivity index (χ0) is 39.0. The zero-order valence-electron chi connectivity index (χ0n) is 33.3. The fourth-order valence-corrected chi connectivity index (χ4v) is 9.53. The van der Waals surface area contributed by atoms with Gasteiger partial charge >= 0.3 is 23.9 Å². The van der Waals surface area contributed by atoms with Crippen LogP contribution in [0.25, 0.3) is 21.9 Å². The van der Waals surface area contributed by atoms with Gasteiger partial charge in [-0.2, -0.15) is 0 Å². The molecule has 0 atom stereocenters. The van der Waals surface area contributed by atoms with Crippen molar-refractivity contribution in [3.05, 3.63) is 66.0 Å². The first-order valence-corrected chi connectivity index (χ1v) is 21.6. The first kappa shape index (κ1) is 39.9. The van der Waals surface area contributed by atoms with E-state index in [1.807, 2.05) is 30.3 Å². The third kappa shape index (κ3) is 9.81. The number of pyridine rings is 1. The summed E-state index contributed by atoms with van der Waals surface area (Å²) >= 11 is 0. The Morgan fingerprint density at radius 2 is 0.893 bits per heavy atom. The lowest BCUT2D eigenvalue weighted by atomic mass is 9.81. The van der Waals surface area contributed by atoms with Crippen molar-refractivity contribution >= 4 is 34.6 Å². The van der Waals surface area contributed by atoms with Crippen LogP contribution in [0.4, 0.5) is 0 Å². The van der Waals surface area contributed by atoms with Gasteiger partial charge in [-0.15, -0.1) is 0 Å². The van der Waals surface area contributed by atoms with Gasteiger partial charge in [0.05, 0.1) is 23.0 Å². The molecule has 7 rings (SSSR count). The van der Waals surface area contributed by atoms with E-state index in [-0.39, 0.29) is 48.2 Å². The van der Waals surface area contributed by atoms with E-state index in [1.54, 1.807) is 24.5 Å². The maximum absolute atomic E-state index is 13.9. The topological polar surface area (TPSA) is 118 Å². The minimum atomic E-state index is -0.443. The van der Waals surface area contributed by atoms with Gasteiger partial charge in [-0.3, -0.25) is 14.6 Å². The molecule has 0 unspecified atom stereocenters. The summed E-state index contributed by atoms with van der Waals surface area (Å²) in [4.78, 5) is 57.6. The molecule has 0 N–H and O–H groups in total. The standard InChI is InChI=1S/C47H59NO8/c1-3-30-5-9-33(10-6-30)44(49)53-36-14-18-38(19-15-36)55-46(51)41-23-24-42(43-29-35(13-22-40(41)43)32-25-27-48-28-26-32)47(52)56-39-20-16-37(17-21-39)54-45(50)34-11-7-31(4-2)8-12-34/h13,22-31,33-34,36-39H,3-12,14-21H2,1-2H3. The maximum Gasteiger partial charge on any atom is 0.339 e. The number of ether oxygens (including phenoxy) is 4. The van der Waals surface area contributed by atoms with Crippen LogP contribution in [0.15, 0.2) is 54.9 Å². The summed E-state index contributed by atoms with van der Waals surface area (Å²) in [6.07, 6.45) is 18.2. The minimum Gasteiger partial charge on any atom is -0.462 e. The molecule has 3 aromatic rings. The maximum atomic E-state index is 13.9. The molecular formula is C47H59NO8. The highest BCUT2D eigenvalue weighted by Gasteiger charge is 2.34. The Morgan fingerprint density at radius 1 is 0.482 bits per heavy atom. The van der Waals surface area contributed by atoms with Gasteiger partial charge < -0.3 is 18.9 Å². The lowest BCUT2D eigenvalue weighted by Crippen LogP contribution is -2.32. The van der Waals surface area contributed by atoms with Gasteiger partial charge in [0.2, 0.25) is 0 Å². The molecule has 0 aliphatic heterocycles. The Bertz CT molecular complexity index is 1810. The first-order chi connectivity index (χ1) is 27.3. The molecule has 4 fully saturated rings. The Kier molecular flexibility index (Phi) is 13.4. The Hall–Kier alpha value is -4.27. The second-order valence-electron chi connectivity index (χ2n) is 16.9. The molecule has 0 spiro atoms. The number of carbonyl (C=O) groups excluding carboxylic acids is 4. The normalized spacial score (nSPS) is 28.2. The van der Waals surface area contributed by atoms with Crippen molar-refractivity contribution in [3.63, 3.8) is 0 Å². The fourth-order valence-electron chi connectivity index (χ4n) is 9.53. The number of esters is 4. The Balaban J connectivity index is 0.971. The molecule has 0 radical (unpaired) electrons. The van der Waals surface area contributed by atoms with Gasteiger partial charge in [-0.05, 0) is 167 Å². The predicted molar refractivity (Wildman–Crippen MR) is 214 cm³/mol. The number of hydrogen-bond donors (Lipinski definition) is 0. The van der Waals surface area contributed by atoms with Crippen LogP contribution in [0.2, 0.25) is 0 Å². The largest absolute Gasteiger partial charge is 0.462 e. The lowest BCUT2D eigenvalue weighted by Gasteiger charge is -2.31. The van der Waals surface area contributed by atoms with Crippen LogP contribution in [-0.2, 0) is 28.5 Å². The summed E-state index contributed by atoms with van der Waals surface area (Å²) in [5.74, 6) is 0.450. The molecule has 1 aromatic heterocycles. The van der Waals surface area contributed by atoms with Crippen LogP contribution in [0.3, 0.4) is 0 Å². The average molecular weight is 766 g/mol. The first-order valence-electron chi connectivity index (χ1n) is 21.6. The highest BCUT2D eigenvalue weighted by Crippen LogP contribution is 2.36. The number of benzene rings is 2. The zero-order valence-corrected chi connectivity index (χ0v) is 33.3. The lowest BCUT2D eigenvalue weighted by molar-refractivity contribution is -0.159. The van der Waals surface area contributed by atoms with Crippen LogP contribution < -0.4 is 0 Å². The van der Waals surface area contributed by atoms with Crippen molar-refractivity contribution in [2.75, 3.05) is 0 Å². The average Bonchev–Trinajstić information content (AvgIpc) is 3.24. The monoisotopic (exact) mass is 765 g/mol. The second-order valence-corrected chi connectivity index (χ2v) is 16.9. The van der Waals surface area contributed by atoms with Crippen LogP contribution in [0.1, 0.15) is 150 Å². The molecule has 2 aromatic carbocycles. The van der Waals surface area contributed by atoms with Crippen molar-refractivity contribution in [1.82, 2.24) is 4.98 Å². The van der Waals surface area contributed by atoms with Gasteiger partial charge in [-0.25, -0.2) is 9.59 Å². The van der Waals surface area contributed by atoms with Gasteiger partial charge in [0.1, 0.15) is 24.4 Å². The molecule has 0 bridgehead atoms. The highest BCUT2D eigenvalue weighted by atomic mass is 16.6. The Labute approximate surface area is 331 Å². The molecule has 0 amide bonds. The number of rotatable bonds is 11. The van der Waals surface area contributed by atoms with Gasteiger partial charge in [-0.1, -0.05) is 38.8 Å². The number of carbonyl (C=O) groups is 4. The molecule has 300 valence electrons. The van der Waals surface area contributed by atoms with Gasteiger partial charge in [0, 0.05) is 12.4 Å². The van der Waals surface area contributed by atoms with Crippen molar-refractivity contribution in [2.24, 2.45) is 23.7 Å². The highest BCUT2D eigenvalue weighted by molar-refractivity contribution is 6.12. The van der Waals surface area contributed by atoms with E-state index in [0.29, 0.717) is 73.3 Å². The molecule has 1 heterocycles. The minimum absolute atomic E-state index is 0.00483. The summed E-state index contributed by atoms with van der Waals surface area (Å²) in [5.41, 5.74) is 2.59. The third-order valence-corrected chi connectivity index (χ3v) is 13.3. The summed E-state index contributed by atoms with van der Waals surface area (Å²) in [7, 11) is 0. The third-order valence-electron chi connectivity index (χ3n) is 13.3. The molecule has 9 nitrogen and oxygen atoms in total. The van der Waals surface area contributed by atoms with Crippen molar-refractivity contribution in [2.45, 2.75) is 154 Å². The van der Waals surface area contributed by atoms with Gasteiger partial charge in [0.15, 0.2) is 0 Å². The number of hydrogen-bond acceptors (Lipinski definition) is 9. The van der Waals surface area contributed by atoms with Gasteiger partial charge in [0.25, 0.3) is 0 Å². The van der Waals surface area contributed by atoms with E-state index >= 15 is 0 Å². The van der Waals surface area contributed by atoms with E-state index in [0.717, 1.165) is 74.3 Å². The summed E-state index contributed by atoms with van der Waals surface area (Å²) < 4.78 is 24.0. The predicted octanol–water partition coefficient (Wildman–Crippen LogP) is 10.4. The summed E-state index contributed by atoms with van der Waals surface area (Å²) in [5, 5.41) is 1.23. The van der Waals surface area contributed by atoms with Crippen molar-refractivity contribution in [1.29, 1.82) is 0 Å². The number of aromatic nitrogens is 1. The number of nitrogens with zero attached hydrogens (tertiary/aromatic N) is 1. The van der Waals surface area contributed by atoms with Crippen molar-refractivity contribution < 1.29 is 38.1 Å². The van der Waals surface area contributed by atoms with Crippen LogP contribution >= 0.6 is 0 Å². The molecule has 0 saturated heterocycles. The summed E-state index contributed by atoms with van der Waals surface area (Å²) in [6, 6.07) is 12.9. The van der Waals surface area contributed by atoms with E-state index < -0.39 is 11.9 Å². The SMILES string of the molecule is CCC1CCC(C(=O)OC2CCC(OC(=O)c3ccc(C(=O)OC4CCC(OC(=O)C5CCC(CC)CC5)CC4)c4cc(-c5ccncc5)ccc34)CC2)CC1. The van der Waals surface area contributed by atoms with E-state index in [4.69, 9.17) is 18.9 Å². The van der Waals surface area contributed by atoms with E-state index in [2.05, 4.69) is 18.8 Å². The second kappa shape index (κ2) is 18.8. The van der Waals surface area contributed by atoms with Crippen LogP contribution in [0.5, 0.6) is 0 Å². The summed E-state index contributed by atoms with van der Waals surface area (Å²) in [6.45, 7) is 4.44. The molecule has 4 saturated carbocycles. The number of fused-ring (bicyclic) bond motifs is 1. The van der Waals surface area contributed by atoms with Crippen LogP contribution in [0, 0.1) is 23.7 Å². The Morgan fingerprint density at radius 3 is 1.32 bits per heavy atom. The molecule has 4 aliphatic rings.